The highest BCUT2D eigenvalue weighted by atomic mass is 32.1. The van der Waals surface area contributed by atoms with Gasteiger partial charge >= 0.3 is 0 Å². The Bertz CT molecular complexity index is 333. The molecule has 0 saturated carbocycles. The first-order valence-corrected chi connectivity index (χ1v) is 5.71. The summed E-state index contributed by atoms with van der Waals surface area (Å²) in [6.45, 7) is 3.92. The molecule has 1 aromatic heterocycles. The maximum absolute atomic E-state index is 10.9. The number of ether oxygens (including phenoxy) is 1. The second-order valence-corrected chi connectivity index (χ2v) is 5.06. The highest BCUT2D eigenvalue weighted by Gasteiger charge is 2.44. The lowest BCUT2D eigenvalue weighted by molar-refractivity contribution is -0.137. The number of hydrogen-bond acceptors (Lipinski definition) is 3. The number of carbonyl (C=O) groups is 1. The van der Waals surface area contributed by atoms with Crippen LogP contribution in [-0.4, -0.2) is 11.9 Å². The molecule has 76 valence electrons. The van der Waals surface area contributed by atoms with Crippen molar-refractivity contribution >= 4 is 17.6 Å². The summed E-state index contributed by atoms with van der Waals surface area (Å²) in [4.78, 5) is 10.9. The minimum atomic E-state index is -0.587. The summed E-state index contributed by atoms with van der Waals surface area (Å²) in [5.74, 6) is 0. The van der Waals surface area contributed by atoms with Gasteiger partial charge in [-0.1, -0.05) is 0 Å². The van der Waals surface area contributed by atoms with Crippen molar-refractivity contribution < 1.29 is 9.53 Å². The summed E-state index contributed by atoms with van der Waals surface area (Å²) in [7, 11) is 0. The minimum Gasteiger partial charge on any atom is -0.357 e. The quantitative estimate of drug-likeness (QED) is 0.702. The fourth-order valence-corrected chi connectivity index (χ4v) is 2.73. The van der Waals surface area contributed by atoms with Gasteiger partial charge in [0.1, 0.15) is 5.60 Å². The van der Waals surface area contributed by atoms with Gasteiger partial charge in [-0.15, -0.1) is 0 Å². The Morgan fingerprint density at radius 2 is 2.29 bits per heavy atom. The van der Waals surface area contributed by atoms with Crippen LogP contribution in [0.2, 0.25) is 0 Å². The van der Waals surface area contributed by atoms with Gasteiger partial charge in [0.05, 0.1) is 5.60 Å². The van der Waals surface area contributed by atoms with Gasteiger partial charge < -0.3 is 9.53 Å². The zero-order valence-corrected chi connectivity index (χ0v) is 9.26. The van der Waals surface area contributed by atoms with Gasteiger partial charge in [-0.25, -0.2) is 0 Å². The summed E-state index contributed by atoms with van der Waals surface area (Å²) in [5, 5.41) is 4.14. The Balaban J connectivity index is 2.25. The van der Waals surface area contributed by atoms with Crippen molar-refractivity contribution in [2.24, 2.45) is 0 Å². The molecular weight excluding hydrogens is 196 g/mol. The largest absolute Gasteiger partial charge is 0.357 e. The monoisotopic (exact) mass is 210 g/mol. The molecule has 3 heteroatoms. The Kier molecular flexibility index (Phi) is 2.24. The van der Waals surface area contributed by atoms with Crippen LogP contribution >= 0.6 is 11.3 Å². The molecule has 0 aliphatic carbocycles. The number of hydrogen-bond donors (Lipinski definition) is 0. The molecule has 2 rings (SSSR count). The third-order valence-corrected chi connectivity index (χ3v) is 3.62. The van der Waals surface area contributed by atoms with Crippen LogP contribution in [0.15, 0.2) is 16.8 Å². The van der Waals surface area contributed by atoms with Crippen LogP contribution in [0, 0.1) is 0 Å². The van der Waals surface area contributed by atoms with Crippen molar-refractivity contribution in [1.29, 1.82) is 0 Å². The first-order chi connectivity index (χ1) is 6.58. The first kappa shape index (κ1) is 9.87. The number of thiophene rings is 1. The van der Waals surface area contributed by atoms with E-state index in [1.54, 1.807) is 11.3 Å². The van der Waals surface area contributed by atoms with Crippen LogP contribution in [0.4, 0.5) is 0 Å². The van der Waals surface area contributed by atoms with Crippen molar-refractivity contribution in [3.05, 3.63) is 22.4 Å². The van der Waals surface area contributed by atoms with Crippen molar-refractivity contribution in [1.82, 2.24) is 0 Å². The van der Waals surface area contributed by atoms with Crippen LogP contribution in [0.5, 0.6) is 0 Å². The van der Waals surface area contributed by atoms with Crippen LogP contribution < -0.4 is 0 Å². The predicted molar refractivity (Wildman–Crippen MR) is 56.5 cm³/mol. The highest BCUT2D eigenvalue weighted by molar-refractivity contribution is 7.08. The molecule has 0 radical (unpaired) electrons. The molecule has 1 saturated heterocycles. The molecule has 2 atom stereocenters. The summed E-state index contributed by atoms with van der Waals surface area (Å²) < 4.78 is 5.87. The van der Waals surface area contributed by atoms with Gasteiger partial charge in [-0.3, -0.25) is 0 Å². The van der Waals surface area contributed by atoms with Crippen molar-refractivity contribution in [2.45, 2.75) is 37.9 Å². The van der Waals surface area contributed by atoms with E-state index in [1.165, 1.54) is 5.56 Å². The van der Waals surface area contributed by atoms with E-state index < -0.39 is 5.60 Å². The molecule has 0 spiro atoms. The molecule has 0 N–H and O–H groups in total. The summed E-state index contributed by atoms with van der Waals surface area (Å²) >= 11 is 1.66. The zero-order valence-electron chi connectivity index (χ0n) is 8.45. The fourth-order valence-electron chi connectivity index (χ4n) is 1.96. The van der Waals surface area contributed by atoms with E-state index in [0.29, 0.717) is 0 Å². The van der Waals surface area contributed by atoms with E-state index in [4.69, 9.17) is 4.74 Å². The topological polar surface area (TPSA) is 26.3 Å². The third-order valence-electron chi connectivity index (χ3n) is 2.94. The molecule has 2 nitrogen and oxygen atoms in total. The zero-order chi connectivity index (χ0) is 10.2. The van der Waals surface area contributed by atoms with E-state index in [0.717, 1.165) is 19.1 Å². The van der Waals surface area contributed by atoms with Crippen LogP contribution in [0.3, 0.4) is 0 Å². The molecule has 1 fully saturated rings. The Morgan fingerprint density at radius 3 is 2.79 bits per heavy atom. The Hall–Kier alpha value is -0.670. The van der Waals surface area contributed by atoms with Gasteiger partial charge in [-0.2, -0.15) is 11.3 Å². The standard InChI is InChI=1S/C11H14O2S/c1-10(8-12)4-5-11(2,13-10)9-3-6-14-7-9/h3,6-8H,4-5H2,1-2H3. The molecule has 1 aliphatic heterocycles. The molecule has 0 amide bonds. The summed E-state index contributed by atoms with van der Waals surface area (Å²) in [6, 6.07) is 2.07. The van der Waals surface area contributed by atoms with Gasteiger partial charge in [0.15, 0.2) is 6.29 Å². The van der Waals surface area contributed by atoms with E-state index in [9.17, 15) is 4.79 Å². The maximum Gasteiger partial charge on any atom is 0.151 e. The normalized spacial score (nSPS) is 37.3. The molecule has 1 aliphatic rings. The van der Waals surface area contributed by atoms with Crippen molar-refractivity contribution in [3.63, 3.8) is 0 Å². The lowest BCUT2D eigenvalue weighted by Gasteiger charge is -2.26. The van der Waals surface area contributed by atoms with Crippen molar-refractivity contribution in [2.75, 3.05) is 0 Å². The van der Waals surface area contributed by atoms with Crippen LogP contribution in [0.1, 0.15) is 32.3 Å². The lowest BCUT2D eigenvalue weighted by atomic mass is 9.94. The average Bonchev–Trinajstić information content (AvgIpc) is 2.75. The Morgan fingerprint density at radius 1 is 1.50 bits per heavy atom. The molecule has 0 bridgehead atoms. The Labute approximate surface area is 87.9 Å². The average molecular weight is 210 g/mol. The van der Waals surface area contributed by atoms with E-state index >= 15 is 0 Å². The van der Waals surface area contributed by atoms with E-state index in [-0.39, 0.29) is 5.60 Å². The molecule has 0 aromatic carbocycles. The predicted octanol–water partition coefficient (Wildman–Crippen LogP) is 2.73. The summed E-state index contributed by atoms with van der Waals surface area (Å²) in [5.41, 5.74) is 0.333. The van der Waals surface area contributed by atoms with Crippen LogP contribution in [0.25, 0.3) is 0 Å². The van der Waals surface area contributed by atoms with Gasteiger partial charge in [0, 0.05) is 0 Å². The highest BCUT2D eigenvalue weighted by Crippen LogP contribution is 2.43. The fraction of sp³-hybridized carbons (Fsp3) is 0.545. The number of carbonyl (C=O) groups excluding carboxylic acids is 1. The maximum atomic E-state index is 10.9. The second-order valence-electron chi connectivity index (χ2n) is 4.28. The van der Waals surface area contributed by atoms with Crippen LogP contribution in [-0.2, 0) is 15.1 Å². The number of aldehydes is 1. The SMILES string of the molecule is CC1(C=O)CCC(C)(c2ccsc2)O1. The van der Waals surface area contributed by atoms with Gasteiger partial charge in [0.25, 0.3) is 0 Å². The first-order valence-electron chi connectivity index (χ1n) is 4.77. The molecule has 2 heterocycles. The smallest absolute Gasteiger partial charge is 0.151 e. The third kappa shape index (κ3) is 1.51. The lowest BCUT2D eigenvalue weighted by Crippen LogP contribution is -2.30. The summed E-state index contributed by atoms with van der Waals surface area (Å²) in [6.07, 6.45) is 2.65. The van der Waals surface area contributed by atoms with E-state index in [1.807, 2.05) is 12.3 Å². The molecular formula is C11H14O2S. The minimum absolute atomic E-state index is 0.268. The molecule has 14 heavy (non-hydrogen) atoms. The second kappa shape index (κ2) is 3.17. The van der Waals surface area contributed by atoms with E-state index in [2.05, 4.69) is 18.4 Å². The van der Waals surface area contributed by atoms with Crippen molar-refractivity contribution in [3.8, 4) is 0 Å². The number of rotatable bonds is 2. The molecule has 1 aromatic rings. The van der Waals surface area contributed by atoms with Gasteiger partial charge in [0.2, 0.25) is 0 Å². The van der Waals surface area contributed by atoms with Gasteiger partial charge in [-0.05, 0) is 49.1 Å². The molecule has 2 unspecified atom stereocenters.